The van der Waals surface area contributed by atoms with E-state index in [4.69, 9.17) is 27.9 Å². The number of nitrogens with zero attached hydrogens (tertiary/aromatic N) is 1. The summed E-state index contributed by atoms with van der Waals surface area (Å²) in [6.07, 6.45) is 0.538. The van der Waals surface area contributed by atoms with Gasteiger partial charge in [0.2, 0.25) is 11.8 Å². The van der Waals surface area contributed by atoms with Crippen molar-refractivity contribution in [3.05, 3.63) is 63.6 Å². The van der Waals surface area contributed by atoms with Crippen LogP contribution >= 0.6 is 23.2 Å². The van der Waals surface area contributed by atoms with Crippen LogP contribution < -0.4 is 10.6 Å². The van der Waals surface area contributed by atoms with Gasteiger partial charge in [0.05, 0.1) is 19.6 Å². The van der Waals surface area contributed by atoms with Crippen molar-refractivity contribution < 1.29 is 14.3 Å². The molecule has 0 atom stereocenters. The van der Waals surface area contributed by atoms with Gasteiger partial charge in [-0.2, -0.15) is 0 Å². The summed E-state index contributed by atoms with van der Waals surface area (Å²) in [6.45, 7) is 4.23. The number of hydrogen-bond donors (Lipinski definition) is 2. The van der Waals surface area contributed by atoms with Crippen LogP contribution in [0.2, 0.25) is 10.0 Å². The van der Waals surface area contributed by atoms with Gasteiger partial charge in [0.15, 0.2) is 0 Å². The highest BCUT2D eigenvalue weighted by Gasteiger charge is 2.13. The zero-order chi connectivity index (χ0) is 21.3. The Morgan fingerprint density at radius 3 is 2.43 bits per heavy atom. The van der Waals surface area contributed by atoms with Crippen LogP contribution in [0.25, 0.3) is 0 Å². The summed E-state index contributed by atoms with van der Waals surface area (Å²) in [6, 6.07) is 12.6. The van der Waals surface area contributed by atoms with Crippen LogP contribution in [0.4, 0.5) is 5.69 Å². The molecule has 8 heteroatoms. The number of rotatable bonds is 8. The molecule has 2 aromatic carbocycles. The summed E-state index contributed by atoms with van der Waals surface area (Å²) in [7, 11) is 0. The third-order valence-corrected chi connectivity index (χ3v) is 5.57. The molecule has 30 heavy (non-hydrogen) atoms. The van der Waals surface area contributed by atoms with E-state index in [1.54, 1.807) is 18.2 Å². The first-order valence-electron chi connectivity index (χ1n) is 9.90. The summed E-state index contributed by atoms with van der Waals surface area (Å²) >= 11 is 12.2. The highest BCUT2D eigenvalue weighted by molar-refractivity contribution is 6.36. The van der Waals surface area contributed by atoms with E-state index >= 15 is 0 Å². The Labute approximate surface area is 186 Å². The second-order valence-electron chi connectivity index (χ2n) is 7.11. The quantitative estimate of drug-likeness (QED) is 0.646. The summed E-state index contributed by atoms with van der Waals surface area (Å²) in [5.41, 5.74) is 2.21. The molecular formula is C22H25Cl2N3O3. The van der Waals surface area contributed by atoms with Crippen molar-refractivity contribution in [1.29, 1.82) is 0 Å². The minimum absolute atomic E-state index is 0.0314. The Kier molecular flexibility index (Phi) is 8.51. The minimum Gasteiger partial charge on any atom is -0.379 e. The first-order chi connectivity index (χ1) is 14.5. The number of ether oxygens (including phenoxy) is 1. The lowest BCUT2D eigenvalue weighted by atomic mass is 10.1. The van der Waals surface area contributed by atoms with Gasteiger partial charge in [-0.15, -0.1) is 0 Å². The molecule has 0 spiro atoms. The molecule has 2 aromatic rings. The van der Waals surface area contributed by atoms with Crippen LogP contribution in [0.1, 0.15) is 17.5 Å². The Hall–Kier alpha value is -2.12. The molecule has 1 aliphatic rings. The molecule has 3 rings (SSSR count). The standard InChI is InChI=1S/C22H25Cl2N3O3/c23-19-5-2-6-20(24)18(19)14-22(29)25-15-16-3-1-4-17(13-16)26-21(28)7-8-27-9-11-30-12-10-27/h1-6,13H,7-12,14-15H2,(H,25,29)(H,26,28). The number of hydrogen-bond acceptors (Lipinski definition) is 4. The fourth-order valence-electron chi connectivity index (χ4n) is 3.19. The number of anilines is 1. The zero-order valence-corrected chi connectivity index (χ0v) is 18.1. The van der Waals surface area contributed by atoms with Gasteiger partial charge in [-0.3, -0.25) is 14.5 Å². The summed E-state index contributed by atoms with van der Waals surface area (Å²) in [5.74, 6) is -0.207. The third kappa shape index (κ3) is 6.99. The van der Waals surface area contributed by atoms with E-state index in [2.05, 4.69) is 15.5 Å². The molecule has 0 aromatic heterocycles. The average Bonchev–Trinajstić information content (AvgIpc) is 2.74. The zero-order valence-electron chi connectivity index (χ0n) is 16.6. The van der Waals surface area contributed by atoms with E-state index in [9.17, 15) is 9.59 Å². The van der Waals surface area contributed by atoms with Gasteiger partial charge in [0.1, 0.15) is 0 Å². The Morgan fingerprint density at radius 1 is 1.00 bits per heavy atom. The van der Waals surface area contributed by atoms with Crippen molar-refractivity contribution in [1.82, 2.24) is 10.2 Å². The summed E-state index contributed by atoms with van der Waals surface area (Å²) in [5, 5.41) is 6.73. The molecule has 0 bridgehead atoms. The van der Waals surface area contributed by atoms with Crippen LogP contribution in [0, 0.1) is 0 Å². The van der Waals surface area contributed by atoms with Gasteiger partial charge < -0.3 is 15.4 Å². The Morgan fingerprint density at radius 2 is 1.70 bits per heavy atom. The molecule has 0 radical (unpaired) electrons. The van der Waals surface area contributed by atoms with Crippen molar-refractivity contribution in [3.63, 3.8) is 0 Å². The molecule has 1 aliphatic heterocycles. The smallest absolute Gasteiger partial charge is 0.225 e. The van der Waals surface area contributed by atoms with Crippen molar-refractivity contribution in [2.45, 2.75) is 19.4 Å². The Bertz CT molecular complexity index is 865. The van der Waals surface area contributed by atoms with Crippen molar-refractivity contribution in [2.75, 3.05) is 38.2 Å². The van der Waals surface area contributed by atoms with Crippen LogP contribution in [-0.4, -0.2) is 49.6 Å². The maximum absolute atomic E-state index is 12.3. The maximum atomic E-state index is 12.3. The molecule has 1 fully saturated rings. The fourth-order valence-corrected chi connectivity index (χ4v) is 3.72. The first kappa shape index (κ1) is 22.6. The topological polar surface area (TPSA) is 70.7 Å². The third-order valence-electron chi connectivity index (χ3n) is 4.86. The van der Waals surface area contributed by atoms with E-state index in [0.717, 1.165) is 38.4 Å². The molecule has 1 heterocycles. The first-order valence-corrected chi connectivity index (χ1v) is 10.7. The highest BCUT2D eigenvalue weighted by Crippen LogP contribution is 2.24. The van der Waals surface area contributed by atoms with Gasteiger partial charge in [0.25, 0.3) is 0 Å². The lowest BCUT2D eigenvalue weighted by molar-refractivity contribution is -0.120. The molecule has 2 N–H and O–H groups in total. The van der Waals surface area contributed by atoms with Gasteiger partial charge in [0, 0.05) is 48.3 Å². The average molecular weight is 450 g/mol. The van der Waals surface area contributed by atoms with E-state index < -0.39 is 0 Å². The van der Waals surface area contributed by atoms with Gasteiger partial charge in [-0.1, -0.05) is 41.4 Å². The van der Waals surface area contributed by atoms with Gasteiger partial charge >= 0.3 is 0 Å². The number of carbonyl (C=O) groups excluding carboxylic acids is 2. The largest absolute Gasteiger partial charge is 0.379 e. The second kappa shape index (κ2) is 11.3. The molecule has 6 nitrogen and oxygen atoms in total. The lowest BCUT2D eigenvalue weighted by Crippen LogP contribution is -2.38. The second-order valence-corrected chi connectivity index (χ2v) is 7.92. The normalized spacial score (nSPS) is 14.3. The number of halogens is 2. The highest BCUT2D eigenvalue weighted by atomic mass is 35.5. The molecular weight excluding hydrogens is 425 g/mol. The lowest BCUT2D eigenvalue weighted by Gasteiger charge is -2.26. The van der Waals surface area contributed by atoms with Gasteiger partial charge in [-0.25, -0.2) is 0 Å². The monoisotopic (exact) mass is 449 g/mol. The molecule has 1 saturated heterocycles. The van der Waals surface area contributed by atoms with Crippen LogP contribution in [0.5, 0.6) is 0 Å². The van der Waals surface area contributed by atoms with E-state index in [0.29, 0.717) is 34.3 Å². The SMILES string of the molecule is O=C(Cc1c(Cl)cccc1Cl)NCc1cccc(NC(=O)CCN2CCOCC2)c1. The number of nitrogens with one attached hydrogen (secondary N) is 2. The van der Waals surface area contributed by atoms with E-state index in [1.807, 2.05) is 24.3 Å². The number of morpholine rings is 1. The van der Waals surface area contributed by atoms with Crippen molar-refractivity contribution in [2.24, 2.45) is 0 Å². The summed E-state index contributed by atoms with van der Waals surface area (Å²) < 4.78 is 5.31. The van der Waals surface area contributed by atoms with E-state index in [-0.39, 0.29) is 18.2 Å². The molecule has 0 aliphatic carbocycles. The minimum atomic E-state index is -0.176. The van der Waals surface area contributed by atoms with Crippen LogP contribution in [0.3, 0.4) is 0 Å². The Balaban J connectivity index is 1.46. The molecule has 2 amide bonds. The number of carbonyl (C=O) groups is 2. The maximum Gasteiger partial charge on any atom is 0.225 e. The van der Waals surface area contributed by atoms with Crippen molar-refractivity contribution >= 4 is 40.7 Å². The fraction of sp³-hybridized carbons (Fsp3) is 0.364. The molecule has 160 valence electrons. The molecule has 0 saturated carbocycles. The predicted octanol–water partition coefficient (Wildman–Crippen LogP) is 3.51. The molecule has 0 unspecified atom stereocenters. The summed E-state index contributed by atoms with van der Waals surface area (Å²) in [4.78, 5) is 26.7. The number of amides is 2. The predicted molar refractivity (Wildman–Crippen MR) is 119 cm³/mol. The number of benzene rings is 2. The van der Waals surface area contributed by atoms with Crippen molar-refractivity contribution in [3.8, 4) is 0 Å². The van der Waals surface area contributed by atoms with Gasteiger partial charge in [-0.05, 0) is 35.4 Å². The van der Waals surface area contributed by atoms with Crippen LogP contribution in [0.15, 0.2) is 42.5 Å². The van der Waals surface area contributed by atoms with E-state index in [1.165, 1.54) is 0 Å². The van der Waals surface area contributed by atoms with Crippen LogP contribution in [-0.2, 0) is 27.3 Å².